The fourth-order valence-electron chi connectivity index (χ4n) is 1.11. The zero-order valence-corrected chi connectivity index (χ0v) is 8.83. The zero-order valence-electron chi connectivity index (χ0n) is 7.93. The molecular weight excluding hydrogens is 263 g/mol. The third kappa shape index (κ3) is 3.49. The second-order valence-corrected chi connectivity index (χ2v) is 4.77. The molecule has 0 spiro atoms. The van der Waals surface area contributed by atoms with Crippen LogP contribution in [0, 0.1) is 0 Å². The van der Waals surface area contributed by atoms with Crippen molar-refractivity contribution in [2.45, 2.75) is 17.7 Å². The van der Waals surface area contributed by atoms with Crippen LogP contribution in [0.4, 0.5) is 0 Å². The highest BCUT2D eigenvalue weighted by molar-refractivity contribution is 7.53. The summed E-state index contributed by atoms with van der Waals surface area (Å²) in [6, 6.07) is 0. The Morgan fingerprint density at radius 1 is 1.18 bits per heavy atom. The first-order valence-corrected chi connectivity index (χ1v) is 5.51. The van der Waals surface area contributed by atoms with Crippen LogP contribution in [0.1, 0.15) is 6.42 Å². The molecule has 0 aliphatic heterocycles. The summed E-state index contributed by atoms with van der Waals surface area (Å²) < 4.78 is 10.7. The average Bonchev–Trinajstić information content (AvgIpc) is 1.96. The van der Waals surface area contributed by atoms with E-state index in [1.165, 1.54) is 0 Å². The summed E-state index contributed by atoms with van der Waals surface area (Å²) in [4.78, 5) is 48.2. The number of carbonyl (C=O) groups is 3. The van der Waals surface area contributed by atoms with E-state index in [0.29, 0.717) is 0 Å². The Morgan fingerprint density at radius 2 is 1.59 bits per heavy atom. The summed E-state index contributed by atoms with van der Waals surface area (Å²) in [7, 11) is -5.69. The Labute approximate surface area is 93.3 Å². The number of hydrogen-bond acceptors (Lipinski definition) is 8. The Hall–Kier alpha value is -1.48. The van der Waals surface area contributed by atoms with Gasteiger partial charge in [0.15, 0.2) is 0 Å². The maximum atomic E-state index is 10.7. The van der Waals surface area contributed by atoms with Gasteiger partial charge in [-0.25, -0.2) is 0 Å². The lowest BCUT2D eigenvalue weighted by atomic mass is 9.95. The maximum Gasteiger partial charge on any atom is 0.337 e. The highest BCUT2D eigenvalue weighted by atomic mass is 31.2. The molecule has 0 aliphatic rings. The van der Waals surface area contributed by atoms with Crippen LogP contribution in [-0.4, -0.2) is 44.1 Å². The van der Waals surface area contributed by atoms with Gasteiger partial charge in [-0.2, -0.15) is 0 Å². The quantitative estimate of drug-likeness (QED) is 0.389. The number of rotatable bonds is 6. The number of aliphatic hydroxyl groups is 1. The SMILES string of the molecule is O=C([O-])CC(O)(C(=O)[O-])C(C(=O)[O-])P(=O)(O)O. The summed E-state index contributed by atoms with van der Waals surface area (Å²) in [5.41, 5.74) is -7.12. The predicted molar refractivity (Wildman–Crippen MR) is 40.4 cm³/mol. The first-order valence-electron chi connectivity index (χ1n) is 3.82. The minimum absolute atomic E-state index is 1.88. The van der Waals surface area contributed by atoms with Crippen LogP contribution < -0.4 is 15.3 Å². The van der Waals surface area contributed by atoms with Crippen molar-refractivity contribution in [3.05, 3.63) is 0 Å². The topological polar surface area (TPSA) is 198 Å². The van der Waals surface area contributed by atoms with Gasteiger partial charge in [-0.05, 0) is 0 Å². The number of carboxylic acid groups (broad SMARTS) is 3. The van der Waals surface area contributed by atoms with E-state index in [2.05, 4.69) is 0 Å². The molecule has 0 fully saturated rings. The molecule has 0 heterocycles. The summed E-state index contributed by atoms with van der Waals surface area (Å²) in [6.45, 7) is 0. The van der Waals surface area contributed by atoms with Gasteiger partial charge in [0.05, 0.1) is 11.9 Å². The van der Waals surface area contributed by atoms with Gasteiger partial charge >= 0.3 is 7.60 Å². The van der Waals surface area contributed by atoms with Crippen LogP contribution in [0.3, 0.4) is 0 Å². The maximum absolute atomic E-state index is 10.7. The van der Waals surface area contributed by atoms with E-state index in [0.717, 1.165) is 0 Å². The molecule has 0 saturated heterocycles. The lowest BCUT2D eigenvalue weighted by molar-refractivity contribution is -0.339. The van der Waals surface area contributed by atoms with E-state index < -0.39 is 43.2 Å². The minimum Gasteiger partial charge on any atom is -0.550 e. The van der Waals surface area contributed by atoms with Gasteiger partial charge in [-0.3, -0.25) is 4.57 Å². The van der Waals surface area contributed by atoms with E-state index in [4.69, 9.17) is 9.79 Å². The molecule has 0 aliphatic carbocycles. The van der Waals surface area contributed by atoms with Crippen LogP contribution in [0.25, 0.3) is 0 Å². The normalized spacial score (nSPS) is 16.9. The standard InChI is InChI=1S/C6H9O10P/c7-2(8)1-6(13,5(11)12)3(4(9)10)17(14,15)16/h3,13H,1H2,(H,7,8)(H,9,10)(H,11,12)(H2,14,15,16)/p-3. The highest BCUT2D eigenvalue weighted by Crippen LogP contribution is 2.47. The van der Waals surface area contributed by atoms with Crippen molar-refractivity contribution in [1.29, 1.82) is 0 Å². The summed E-state index contributed by atoms with van der Waals surface area (Å²) in [5, 5.41) is 40.2. The van der Waals surface area contributed by atoms with E-state index >= 15 is 0 Å². The third-order valence-electron chi connectivity index (χ3n) is 1.78. The smallest absolute Gasteiger partial charge is 0.337 e. The second kappa shape index (κ2) is 4.80. The largest absolute Gasteiger partial charge is 0.550 e. The van der Waals surface area contributed by atoms with Crippen molar-refractivity contribution in [3.63, 3.8) is 0 Å². The van der Waals surface area contributed by atoms with Gasteiger partial charge in [-0.15, -0.1) is 0 Å². The van der Waals surface area contributed by atoms with Crippen LogP contribution >= 0.6 is 7.60 Å². The zero-order chi connectivity index (χ0) is 14.0. The molecule has 0 aromatic carbocycles. The van der Waals surface area contributed by atoms with Crippen molar-refractivity contribution in [1.82, 2.24) is 0 Å². The summed E-state index contributed by atoms with van der Waals surface area (Å²) in [6.07, 6.45) is -1.88. The lowest BCUT2D eigenvalue weighted by Crippen LogP contribution is -2.63. The van der Waals surface area contributed by atoms with Crippen LogP contribution in [0.2, 0.25) is 0 Å². The average molecular weight is 269 g/mol. The Kier molecular flexibility index (Phi) is 4.38. The van der Waals surface area contributed by atoms with Gasteiger partial charge in [0.25, 0.3) is 0 Å². The van der Waals surface area contributed by atoms with Crippen LogP contribution in [0.15, 0.2) is 0 Å². The van der Waals surface area contributed by atoms with E-state index in [1.54, 1.807) is 0 Å². The molecule has 2 unspecified atom stereocenters. The van der Waals surface area contributed by atoms with Gasteiger partial charge < -0.3 is 44.6 Å². The fourth-order valence-corrected chi connectivity index (χ4v) is 2.14. The summed E-state index contributed by atoms with van der Waals surface area (Å²) >= 11 is 0. The van der Waals surface area contributed by atoms with Gasteiger partial charge in [0.2, 0.25) is 0 Å². The minimum atomic E-state index is -5.69. The predicted octanol–water partition coefficient (Wildman–Crippen LogP) is -6.10. The molecule has 0 aromatic heterocycles. The first-order chi connectivity index (χ1) is 7.43. The molecule has 11 heteroatoms. The van der Waals surface area contributed by atoms with Crippen molar-refractivity contribution < 1.29 is 49.2 Å². The molecule has 0 amide bonds. The molecule has 10 nitrogen and oxygen atoms in total. The molecule has 3 N–H and O–H groups in total. The lowest BCUT2D eigenvalue weighted by Gasteiger charge is -2.37. The number of carboxylic acids is 3. The number of hydrogen-bond donors (Lipinski definition) is 3. The van der Waals surface area contributed by atoms with Gasteiger partial charge in [0.1, 0.15) is 11.3 Å². The van der Waals surface area contributed by atoms with E-state index in [9.17, 15) is 39.4 Å². The Morgan fingerprint density at radius 3 is 1.76 bits per heavy atom. The molecular formula is C6H6O10P-3. The van der Waals surface area contributed by atoms with Crippen molar-refractivity contribution in [2.24, 2.45) is 0 Å². The van der Waals surface area contributed by atoms with Crippen molar-refractivity contribution in [2.75, 3.05) is 0 Å². The molecule has 0 aromatic rings. The Bertz CT molecular complexity index is 396. The van der Waals surface area contributed by atoms with Crippen molar-refractivity contribution >= 4 is 25.5 Å². The monoisotopic (exact) mass is 269 g/mol. The summed E-state index contributed by atoms with van der Waals surface area (Å²) in [5.74, 6) is -7.55. The van der Waals surface area contributed by atoms with E-state index in [-0.39, 0.29) is 0 Å². The third-order valence-corrected chi connectivity index (χ3v) is 3.09. The van der Waals surface area contributed by atoms with Gasteiger partial charge in [0, 0.05) is 12.4 Å². The number of carbonyl (C=O) groups excluding carboxylic acids is 3. The first kappa shape index (κ1) is 15.5. The molecule has 0 radical (unpaired) electrons. The second-order valence-electron chi connectivity index (χ2n) is 3.07. The molecule has 0 bridgehead atoms. The molecule has 98 valence electrons. The number of aliphatic carboxylic acids is 3. The molecule has 17 heavy (non-hydrogen) atoms. The molecule has 2 atom stereocenters. The molecule has 0 saturated carbocycles. The van der Waals surface area contributed by atoms with Crippen LogP contribution in [-0.2, 0) is 18.9 Å². The Balaban J connectivity index is 5.72. The molecule has 0 rings (SSSR count). The van der Waals surface area contributed by atoms with Crippen LogP contribution in [0.5, 0.6) is 0 Å². The highest BCUT2D eigenvalue weighted by Gasteiger charge is 2.49. The van der Waals surface area contributed by atoms with E-state index in [1.807, 2.05) is 0 Å². The van der Waals surface area contributed by atoms with Crippen molar-refractivity contribution in [3.8, 4) is 0 Å². The fraction of sp³-hybridized carbons (Fsp3) is 0.500. The van der Waals surface area contributed by atoms with Gasteiger partial charge in [-0.1, -0.05) is 0 Å².